The van der Waals surface area contributed by atoms with Crippen molar-refractivity contribution in [1.82, 2.24) is 0 Å². The highest BCUT2D eigenvalue weighted by Crippen LogP contribution is 2.19. The van der Waals surface area contributed by atoms with Crippen molar-refractivity contribution in [2.24, 2.45) is 0 Å². The van der Waals surface area contributed by atoms with Crippen LogP contribution >= 0.6 is 0 Å². The highest BCUT2D eigenvalue weighted by Gasteiger charge is 1.94. The SMILES string of the molecule is COc1ccc(Nc2ccccc2)cc1. The van der Waals surface area contributed by atoms with E-state index in [1.807, 2.05) is 54.6 Å². The molecule has 0 bridgehead atoms. The molecule has 1 N–H and O–H groups in total. The van der Waals surface area contributed by atoms with Crippen LogP contribution in [-0.2, 0) is 0 Å². The van der Waals surface area contributed by atoms with Crippen LogP contribution in [0.3, 0.4) is 0 Å². The van der Waals surface area contributed by atoms with Crippen LogP contribution in [0.25, 0.3) is 0 Å². The highest BCUT2D eigenvalue weighted by molar-refractivity contribution is 5.59. The summed E-state index contributed by atoms with van der Waals surface area (Å²) in [6, 6.07) is 17.9. The molecule has 0 heterocycles. The summed E-state index contributed by atoms with van der Waals surface area (Å²) in [6.45, 7) is 0. The molecule has 0 aromatic heterocycles. The first-order valence-corrected chi connectivity index (χ1v) is 4.84. The van der Waals surface area contributed by atoms with Crippen LogP contribution in [0.15, 0.2) is 54.6 Å². The van der Waals surface area contributed by atoms with Crippen molar-refractivity contribution in [2.45, 2.75) is 0 Å². The molecule has 0 spiro atoms. The van der Waals surface area contributed by atoms with Crippen LogP contribution in [0.2, 0.25) is 0 Å². The molecule has 0 radical (unpaired) electrons. The topological polar surface area (TPSA) is 21.3 Å². The minimum Gasteiger partial charge on any atom is -0.497 e. The van der Waals surface area contributed by atoms with Gasteiger partial charge in [0.2, 0.25) is 0 Å². The van der Waals surface area contributed by atoms with Crippen LogP contribution < -0.4 is 10.1 Å². The molecule has 0 aliphatic rings. The molecule has 2 nitrogen and oxygen atoms in total. The summed E-state index contributed by atoms with van der Waals surface area (Å²) >= 11 is 0. The van der Waals surface area contributed by atoms with Crippen LogP contribution in [0, 0.1) is 0 Å². The average molecular weight is 199 g/mol. The number of methoxy groups -OCH3 is 1. The van der Waals surface area contributed by atoms with Crippen molar-refractivity contribution < 1.29 is 4.74 Å². The molecule has 2 rings (SSSR count). The number of ether oxygens (including phenoxy) is 1. The maximum Gasteiger partial charge on any atom is 0.119 e. The Bertz CT molecular complexity index is 408. The summed E-state index contributed by atoms with van der Waals surface area (Å²) < 4.78 is 5.09. The van der Waals surface area contributed by atoms with Gasteiger partial charge >= 0.3 is 0 Å². The lowest BCUT2D eigenvalue weighted by Gasteiger charge is -2.06. The van der Waals surface area contributed by atoms with E-state index in [1.54, 1.807) is 7.11 Å². The molecule has 0 amide bonds. The van der Waals surface area contributed by atoms with Gasteiger partial charge < -0.3 is 10.1 Å². The van der Waals surface area contributed by atoms with E-state index in [1.165, 1.54) is 0 Å². The Labute approximate surface area is 89.5 Å². The Balaban J connectivity index is 2.11. The van der Waals surface area contributed by atoms with E-state index in [-0.39, 0.29) is 0 Å². The van der Waals surface area contributed by atoms with E-state index >= 15 is 0 Å². The van der Waals surface area contributed by atoms with Gasteiger partial charge in [-0.1, -0.05) is 18.2 Å². The number of benzene rings is 2. The Hall–Kier alpha value is -1.96. The molecule has 0 unspecified atom stereocenters. The second-order valence-electron chi connectivity index (χ2n) is 3.22. The van der Waals surface area contributed by atoms with Gasteiger partial charge in [-0.05, 0) is 36.4 Å². The molecule has 0 aliphatic heterocycles. The van der Waals surface area contributed by atoms with Crippen molar-refractivity contribution in [3.63, 3.8) is 0 Å². The van der Waals surface area contributed by atoms with Crippen molar-refractivity contribution in [1.29, 1.82) is 0 Å². The van der Waals surface area contributed by atoms with E-state index in [0.717, 1.165) is 17.1 Å². The second-order valence-corrected chi connectivity index (χ2v) is 3.22. The lowest BCUT2D eigenvalue weighted by atomic mass is 10.2. The van der Waals surface area contributed by atoms with E-state index in [9.17, 15) is 0 Å². The average Bonchev–Trinajstić information content (AvgIpc) is 2.31. The first kappa shape index (κ1) is 9.59. The van der Waals surface area contributed by atoms with Gasteiger partial charge in [0.05, 0.1) is 7.11 Å². The maximum absolute atomic E-state index is 5.09. The predicted octanol–water partition coefficient (Wildman–Crippen LogP) is 3.44. The van der Waals surface area contributed by atoms with Crippen LogP contribution in [0.5, 0.6) is 5.75 Å². The van der Waals surface area contributed by atoms with Crippen molar-refractivity contribution in [3.8, 4) is 5.75 Å². The summed E-state index contributed by atoms with van der Waals surface area (Å²) in [5.74, 6) is 0.869. The molecule has 0 fully saturated rings. The Morgan fingerprint density at radius 1 is 0.800 bits per heavy atom. The van der Waals surface area contributed by atoms with Gasteiger partial charge in [0.1, 0.15) is 5.75 Å². The monoisotopic (exact) mass is 199 g/mol. The zero-order valence-electron chi connectivity index (χ0n) is 8.60. The molecule has 2 heteroatoms. The minimum absolute atomic E-state index is 0.869. The van der Waals surface area contributed by atoms with Crippen molar-refractivity contribution in [3.05, 3.63) is 54.6 Å². The third-order valence-corrected chi connectivity index (χ3v) is 2.15. The van der Waals surface area contributed by atoms with Gasteiger partial charge in [-0.2, -0.15) is 0 Å². The molecule has 0 saturated carbocycles. The standard InChI is InChI=1S/C13H13NO/c1-15-13-9-7-12(8-10-13)14-11-5-3-2-4-6-11/h2-10,14H,1H3. The smallest absolute Gasteiger partial charge is 0.119 e. The second kappa shape index (κ2) is 4.51. The fraction of sp³-hybridized carbons (Fsp3) is 0.0769. The third kappa shape index (κ3) is 2.50. The Morgan fingerprint density at radius 2 is 1.40 bits per heavy atom. The molecule has 0 saturated heterocycles. The van der Waals surface area contributed by atoms with Crippen LogP contribution in [0.4, 0.5) is 11.4 Å². The highest BCUT2D eigenvalue weighted by atomic mass is 16.5. The van der Waals surface area contributed by atoms with Gasteiger partial charge in [-0.25, -0.2) is 0 Å². The predicted molar refractivity (Wildman–Crippen MR) is 62.7 cm³/mol. The van der Waals surface area contributed by atoms with Gasteiger partial charge in [0.15, 0.2) is 0 Å². The lowest BCUT2D eigenvalue weighted by Crippen LogP contribution is -1.89. The summed E-state index contributed by atoms with van der Waals surface area (Å²) in [7, 11) is 1.67. The number of rotatable bonds is 3. The maximum atomic E-state index is 5.09. The van der Waals surface area contributed by atoms with Crippen molar-refractivity contribution >= 4 is 11.4 Å². The Kier molecular flexibility index (Phi) is 2.88. The van der Waals surface area contributed by atoms with Gasteiger partial charge in [-0.15, -0.1) is 0 Å². The Morgan fingerprint density at radius 3 is 2.00 bits per heavy atom. The number of anilines is 2. The summed E-state index contributed by atoms with van der Waals surface area (Å²) in [5, 5.41) is 3.30. The molecule has 0 atom stereocenters. The van der Waals surface area contributed by atoms with E-state index in [0.29, 0.717) is 0 Å². The minimum atomic E-state index is 0.869. The largest absolute Gasteiger partial charge is 0.497 e. The third-order valence-electron chi connectivity index (χ3n) is 2.15. The first-order chi connectivity index (χ1) is 7.38. The van der Waals surface area contributed by atoms with Gasteiger partial charge in [-0.3, -0.25) is 0 Å². The fourth-order valence-corrected chi connectivity index (χ4v) is 1.36. The molecule has 2 aromatic carbocycles. The molecular formula is C13H13NO. The summed E-state index contributed by atoms with van der Waals surface area (Å²) in [5.41, 5.74) is 2.14. The lowest BCUT2D eigenvalue weighted by molar-refractivity contribution is 0.415. The summed E-state index contributed by atoms with van der Waals surface area (Å²) in [6.07, 6.45) is 0. The first-order valence-electron chi connectivity index (χ1n) is 4.84. The fourth-order valence-electron chi connectivity index (χ4n) is 1.36. The molecule has 76 valence electrons. The molecular weight excluding hydrogens is 186 g/mol. The van der Waals surface area contributed by atoms with Gasteiger partial charge in [0.25, 0.3) is 0 Å². The number of para-hydroxylation sites is 1. The van der Waals surface area contributed by atoms with E-state index < -0.39 is 0 Å². The van der Waals surface area contributed by atoms with E-state index in [2.05, 4.69) is 5.32 Å². The van der Waals surface area contributed by atoms with Gasteiger partial charge in [0, 0.05) is 11.4 Å². The zero-order chi connectivity index (χ0) is 10.5. The normalized spacial score (nSPS) is 9.67. The van der Waals surface area contributed by atoms with Crippen LogP contribution in [-0.4, -0.2) is 7.11 Å². The number of hydrogen-bond donors (Lipinski definition) is 1. The molecule has 2 aromatic rings. The number of nitrogens with one attached hydrogen (secondary N) is 1. The zero-order valence-corrected chi connectivity index (χ0v) is 8.60. The molecule has 0 aliphatic carbocycles. The van der Waals surface area contributed by atoms with Crippen molar-refractivity contribution in [2.75, 3.05) is 12.4 Å². The number of hydrogen-bond acceptors (Lipinski definition) is 2. The van der Waals surface area contributed by atoms with Crippen LogP contribution in [0.1, 0.15) is 0 Å². The quantitative estimate of drug-likeness (QED) is 0.817. The summed E-state index contributed by atoms with van der Waals surface area (Å²) in [4.78, 5) is 0. The molecule has 15 heavy (non-hydrogen) atoms. The van der Waals surface area contributed by atoms with E-state index in [4.69, 9.17) is 4.74 Å².